The molecule has 0 atom stereocenters. The van der Waals surface area contributed by atoms with E-state index in [-0.39, 0.29) is 25.3 Å². The minimum Gasteiger partial charge on any atom is -0.465 e. The quantitative estimate of drug-likeness (QED) is 0.464. The van der Waals surface area contributed by atoms with E-state index in [9.17, 15) is 14.4 Å². The molecule has 0 fully saturated rings. The van der Waals surface area contributed by atoms with E-state index in [1.807, 2.05) is 38.1 Å². The molecule has 1 aromatic carbocycles. The lowest BCUT2D eigenvalue weighted by Crippen LogP contribution is -2.39. The van der Waals surface area contributed by atoms with Gasteiger partial charge in [-0.2, -0.15) is 4.98 Å². The summed E-state index contributed by atoms with van der Waals surface area (Å²) in [5.74, 6) is 0.0208. The molecule has 9 nitrogen and oxygen atoms in total. The Balaban J connectivity index is 1.93. The van der Waals surface area contributed by atoms with E-state index in [2.05, 4.69) is 4.98 Å². The number of nitrogens with zero attached hydrogens (tertiary/aromatic N) is 5. The Hall–Kier alpha value is -3.62. The molecule has 0 spiro atoms. The third-order valence-electron chi connectivity index (χ3n) is 5.16. The van der Waals surface area contributed by atoms with Crippen molar-refractivity contribution < 1.29 is 9.53 Å². The number of aryl methyl sites for hydroxylation is 3. The SMILES string of the molecule is CCOC(=O)Cn1c(C)cn2c3c(=O)n(Cc4cccc(C)c4)c(=O)n(C)c3nc12. The smallest absolute Gasteiger partial charge is 0.332 e. The van der Waals surface area contributed by atoms with Crippen LogP contribution in [0.1, 0.15) is 23.7 Å². The zero-order valence-corrected chi connectivity index (χ0v) is 17.4. The lowest BCUT2D eigenvalue weighted by molar-refractivity contribution is -0.143. The van der Waals surface area contributed by atoms with Gasteiger partial charge < -0.3 is 9.30 Å². The van der Waals surface area contributed by atoms with Gasteiger partial charge in [-0.15, -0.1) is 0 Å². The number of carbonyl (C=O) groups excluding carboxylic acids is 1. The fraction of sp³-hybridized carbons (Fsp3) is 0.333. The zero-order valence-electron chi connectivity index (χ0n) is 17.4. The van der Waals surface area contributed by atoms with Gasteiger partial charge in [-0.3, -0.25) is 23.1 Å². The summed E-state index contributed by atoms with van der Waals surface area (Å²) in [5.41, 5.74) is 2.38. The molecule has 3 aromatic heterocycles. The summed E-state index contributed by atoms with van der Waals surface area (Å²) in [7, 11) is 1.59. The second-order valence-electron chi connectivity index (χ2n) is 7.34. The standard InChI is InChI=1S/C21H23N5O4/c1-5-30-16(27)12-24-14(3)10-25-17-18(22-20(24)25)23(4)21(29)26(19(17)28)11-15-8-6-7-13(2)9-15/h6-10H,5,11-12H2,1-4H3. The van der Waals surface area contributed by atoms with Crippen LogP contribution in [0, 0.1) is 13.8 Å². The number of aromatic nitrogens is 5. The van der Waals surface area contributed by atoms with Crippen molar-refractivity contribution in [2.45, 2.75) is 33.9 Å². The third kappa shape index (κ3) is 3.12. The summed E-state index contributed by atoms with van der Waals surface area (Å²) in [6.07, 6.45) is 1.74. The molecule has 4 rings (SSSR count). The van der Waals surface area contributed by atoms with Gasteiger partial charge in [-0.1, -0.05) is 29.8 Å². The predicted molar refractivity (Wildman–Crippen MR) is 112 cm³/mol. The molecule has 0 saturated heterocycles. The maximum absolute atomic E-state index is 13.3. The highest BCUT2D eigenvalue weighted by molar-refractivity contribution is 5.77. The van der Waals surface area contributed by atoms with Crippen molar-refractivity contribution in [2.75, 3.05) is 6.61 Å². The normalized spacial score (nSPS) is 11.5. The molecule has 0 N–H and O–H groups in total. The van der Waals surface area contributed by atoms with Crippen LogP contribution in [0.15, 0.2) is 40.1 Å². The summed E-state index contributed by atoms with van der Waals surface area (Å²) in [5, 5.41) is 0. The van der Waals surface area contributed by atoms with Gasteiger partial charge >= 0.3 is 11.7 Å². The van der Waals surface area contributed by atoms with Crippen molar-refractivity contribution >= 4 is 22.9 Å². The molecule has 156 valence electrons. The summed E-state index contributed by atoms with van der Waals surface area (Å²) in [4.78, 5) is 42.7. The van der Waals surface area contributed by atoms with Gasteiger partial charge in [0.15, 0.2) is 11.2 Å². The molecule has 0 amide bonds. The maximum atomic E-state index is 13.3. The second kappa shape index (κ2) is 7.33. The van der Waals surface area contributed by atoms with Gasteiger partial charge in [0.2, 0.25) is 5.78 Å². The molecule has 0 saturated carbocycles. The van der Waals surface area contributed by atoms with E-state index in [0.29, 0.717) is 11.3 Å². The first-order valence-electron chi connectivity index (χ1n) is 9.70. The molecule has 30 heavy (non-hydrogen) atoms. The van der Waals surface area contributed by atoms with Crippen LogP contribution in [0.4, 0.5) is 0 Å². The monoisotopic (exact) mass is 409 g/mol. The summed E-state index contributed by atoms with van der Waals surface area (Å²) in [6.45, 7) is 5.95. The Kier molecular flexibility index (Phi) is 4.81. The minimum absolute atomic E-state index is 0.0229. The van der Waals surface area contributed by atoms with Gasteiger partial charge in [0, 0.05) is 18.9 Å². The summed E-state index contributed by atoms with van der Waals surface area (Å²) < 4.78 is 10.9. The van der Waals surface area contributed by atoms with Gasteiger partial charge in [-0.25, -0.2) is 4.79 Å². The fourth-order valence-corrected chi connectivity index (χ4v) is 3.72. The highest BCUT2D eigenvalue weighted by Gasteiger charge is 2.21. The molecule has 0 bridgehead atoms. The van der Waals surface area contributed by atoms with Gasteiger partial charge in [-0.05, 0) is 26.3 Å². The van der Waals surface area contributed by atoms with Crippen LogP contribution in [0.25, 0.3) is 16.9 Å². The molecule has 0 radical (unpaired) electrons. The molecule has 0 aliphatic rings. The van der Waals surface area contributed by atoms with E-state index in [1.165, 1.54) is 9.13 Å². The van der Waals surface area contributed by atoms with Crippen LogP contribution in [0.2, 0.25) is 0 Å². The van der Waals surface area contributed by atoms with Gasteiger partial charge in [0.05, 0.1) is 13.2 Å². The topological polar surface area (TPSA) is 92.5 Å². The molecule has 0 aliphatic heterocycles. The van der Waals surface area contributed by atoms with E-state index >= 15 is 0 Å². The summed E-state index contributed by atoms with van der Waals surface area (Å²) >= 11 is 0. The van der Waals surface area contributed by atoms with E-state index in [1.54, 1.807) is 29.1 Å². The number of esters is 1. The lowest BCUT2D eigenvalue weighted by Gasteiger charge is -2.08. The van der Waals surface area contributed by atoms with Crippen LogP contribution in [-0.2, 0) is 29.7 Å². The van der Waals surface area contributed by atoms with Crippen LogP contribution >= 0.6 is 0 Å². The van der Waals surface area contributed by atoms with Crippen molar-refractivity contribution in [1.29, 1.82) is 0 Å². The van der Waals surface area contributed by atoms with Crippen LogP contribution < -0.4 is 11.2 Å². The first-order chi connectivity index (χ1) is 14.3. The second-order valence-corrected chi connectivity index (χ2v) is 7.34. The van der Waals surface area contributed by atoms with E-state index < -0.39 is 17.2 Å². The number of ether oxygens (including phenoxy) is 1. The third-order valence-corrected chi connectivity index (χ3v) is 5.16. The summed E-state index contributed by atoms with van der Waals surface area (Å²) in [6, 6.07) is 7.69. The Labute approximate surface area is 171 Å². The van der Waals surface area contributed by atoms with Gasteiger partial charge in [0.1, 0.15) is 6.54 Å². The number of carbonyl (C=O) groups is 1. The van der Waals surface area contributed by atoms with Crippen molar-refractivity contribution in [3.8, 4) is 0 Å². The number of hydrogen-bond acceptors (Lipinski definition) is 5. The molecule has 0 unspecified atom stereocenters. The van der Waals surface area contributed by atoms with Crippen molar-refractivity contribution in [3.05, 3.63) is 68.1 Å². The molecule has 4 aromatic rings. The zero-order chi connectivity index (χ0) is 21.6. The minimum atomic E-state index is -0.441. The van der Waals surface area contributed by atoms with Crippen molar-refractivity contribution in [3.63, 3.8) is 0 Å². The van der Waals surface area contributed by atoms with Gasteiger partial charge in [0.25, 0.3) is 5.56 Å². The number of benzene rings is 1. The van der Waals surface area contributed by atoms with Crippen LogP contribution in [0.5, 0.6) is 0 Å². The Morgan fingerprint density at radius 3 is 2.63 bits per heavy atom. The molecule has 3 heterocycles. The van der Waals surface area contributed by atoms with E-state index in [0.717, 1.165) is 16.8 Å². The maximum Gasteiger partial charge on any atom is 0.332 e. The molecular weight excluding hydrogens is 386 g/mol. The lowest BCUT2D eigenvalue weighted by atomic mass is 10.1. The Morgan fingerprint density at radius 2 is 1.93 bits per heavy atom. The first kappa shape index (κ1) is 19.7. The Morgan fingerprint density at radius 1 is 1.17 bits per heavy atom. The highest BCUT2D eigenvalue weighted by Crippen LogP contribution is 2.16. The van der Waals surface area contributed by atoms with Crippen molar-refractivity contribution in [1.82, 2.24) is 23.1 Å². The average Bonchev–Trinajstić information content (AvgIpc) is 3.20. The first-order valence-corrected chi connectivity index (χ1v) is 9.70. The number of hydrogen-bond donors (Lipinski definition) is 0. The molecule has 0 aliphatic carbocycles. The van der Waals surface area contributed by atoms with E-state index in [4.69, 9.17) is 4.74 Å². The number of rotatable bonds is 5. The van der Waals surface area contributed by atoms with Crippen molar-refractivity contribution in [2.24, 2.45) is 7.05 Å². The molecular formula is C21H23N5O4. The number of fused-ring (bicyclic) bond motifs is 3. The van der Waals surface area contributed by atoms with Crippen LogP contribution in [-0.4, -0.2) is 35.7 Å². The largest absolute Gasteiger partial charge is 0.465 e. The fourth-order valence-electron chi connectivity index (χ4n) is 3.72. The highest BCUT2D eigenvalue weighted by atomic mass is 16.5. The molecule has 9 heteroatoms. The average molecular weight is 409 g/mol. The Bertz CT molecular complexity index is 1400. The van der Waals surface area contributed by atoms with Crippen LogP contribution in [0.3, 0.4) is 0 Å². The number of imidazole rings is 2. The predicted octanol–water partition coefficient (Wildman–Crippen LogP) is 1.38.